The van der Waals surface area contributed by atoms with Crippen molar-refractivity contribution >= 4 is 29.1 Å². The highest BCUT2D eigenvalue weighted by atomic mass is 35.5. The first-order valence-corrected chi connectivity index (χ1v) is 7.11. The summed E-state index contributed by atoms with van der Waals surface area (Å²) in [6, 6.07) is 5.41. The van der Waals surface area contributed by atoms with Crippen molar-refractivity contribution in [2.75, 3.05) is 13.1 Å². The average molecular weight is 303 g/mol. The Labute approximate surface area is 124 Å². The summed E-state index contributed by atoms with van der Waals surface area (Å²) in [4.78, 5) is 13.6. The Morgan fingerprint density at radius 1 is 1.32 bits per heavy atom. The second-order valence-corrected chi connectivity index (χ2v) is 5.76. The van der Waals surface area contributed by atoms with Gasteiger partial charge in [-0.05, 0) is 30.0 Å². The molecule has 0 fully saturated rings. The van der Waals surface area contributed by atoms with Gasteiger partial charge in [0.05, 0.1) is 16.6 Å². The highest BCUT2D eigenvalue weighted by Gasteiger charge is 2.13. The Bertz CT molecular complexity index is 435. The third kappa shape index (κ3) is 5.39. The van der Waals surface area contributed by atoms with E-state index in [1.807, 2.05) is 6.07 Å². The number of nitrogens with two attached hydrogens (primary N) is 1. The van der Waals surface area contributed by atoms with Crippen molar-refractivity contribution in [1.29, 1.82) is 0 Å². The molecule has 1 aromatic carbocycles. The molecule has 0 aliphatic rings. The molecule has 0 atom stereocenters. The van der Waals surface area contributed by atoms with Gasteiger partial charge in [0.2, 0.25) is 5.91 Å². The summed E-state index contributed by atoms with van der Waals surface area (Å²) in [7, 11) is 0. The largest absolute Gasteiger partial charge is 0.337 e. The summed E-state index contributed by atoms with van der Waals surface area (Å²) in [5.41, 5.74) is 6.41. The molecule has 1 amide bonds. The van der Waals surface area contributed by atoms with Gasteiger partial charge in [0.1, 0.15) is 0 Å². The maximum Gasteiger partial charge on any atom is 0.236 e. The van der Waals surface area contributed by atoms with Crippen LogP contribution in [-0.2, 0) is 11.3 Å². The molecule has 0 unspecified atom stereocenters. The van der Waals surface area contributed by atoms with E-state index < -0.39 is 0 Å². The predicted molar refractivity (Wildman–Crippen MR) is 80.4 cm³/mol. The maximum atomic E-state index is 11.8. The van der Waals surface area contributed by atoms with Crippen molar-refractivity contribution in [3.8, 4) is 0 Å². The lowest BCUT2D eigenvalue weighted by atomic mass is 10.1. The Hall–Kier alpha value is -0.770. The lowest BCUT2D eigenvalue weighted by Crippen LogP contribution is -2.36. The molecule has 0 heterocycles. The van der Waals surface area contributed by atoms with Crippen LogP contribution in [0.1, 0.15) is 25.8 Å². The van der Waals surface area contributed by atoms with Crippen LogP contribution in [0.3, 0.4) is 0 Å². The Morgan fingerprint density at radius 3 is 2.53 bits per heavy atom. The molecular weight excluding hydrogens is 283 g/mol. The van der Waals surface area contributed by atoms with Crippen molar-refractivity contribution < 1.29 is 4.79 Å². The molecule has 3 nitrogen and oxygen atoms in total. The van der Waals surface area contributed by atoms with Crippen LogP contribution >= 0.6 is 23.2 Å². The summed E-state index contributed by atoms with van der Waals surface area (Å²) < 4.78 is 0. The fourth-order valence-corrected chi connectivity index (χ4v) is 2.01. The third-order valence-electron chi connectivity index (χ3n) is 2.86. The van der Waals surface area contributed by atoms with Crippen LogP contribution < -0.4 is 5.73 Å². The van der Waals surface area contributed by atoms with Gasteiger partial charge in [-0.1, -0.05) is 43.1 Å². The highest BCUT2D eigenvalue weighted by Crippen LogP contribution is 2.23. The van der Waals surface area contributed by atoms with E-state index in [1.54, 1.807) is 17.0 Å². The third-order valence-corrected chi connectivity index (χ3v) is 3.60. The number of hydrogen-bond acceptors (Lipinski definition) is 2. The van der Waals surface area contributed by atoms with E-state index in [1.165, 1.54) is 0 Å². The number of nitrogens with zero attached hydrogens (tertiary/aromatic N) is 1. The number of rotatable bonds is 6. The van der Waals surface area contributed by atoms with Gasteiger partial charge >= 0.3 is 0 Å². The number of amides is 1. The zero-order valence-corrected chi connectivity index (χ0v) is 12.8. The summed E-state index contributed by atoms with van der Waals surface area (Å²) in [5, 5.41) is 1.02. The smallest absolute Gasteiger partial charge is 0.236 e. The minimum atomic E-state index is -0.0493. The Morgan fingerprint density at radius 2 is 2.00 bits per heavy atom. The molecule has 0 radical (unpaired) electrons. The standard InChI is InChI=1S/C14H20Cl2N2O/c1-10(2)5-6-18(14(19)8-17)9-11-3-4-12(15)13(16)7-11/h3-4,7,10H,5-6,8-9,17H2,1-2H3. The topological polar surface area (TPSA) is 46.3 Å². The molecule has 0 aromatic heterocycles. The first-order valence-electron chi connectivity index (χ1n) is 6.35. The Kier molecular flexibility index (Phi) is 6.63. The van der Waals surface area contributed by atoms with Gasteiger partial charge in [-0.25, -0.2) is 0 Å². The van der Waals surface area contributed by atoms with Crippen molar-refractivity contribution in [2.45, 2.75) is 26.8 Å². The van der Waals surface area contributed by atoms with Gasteiger partial charge < -0.3 is 10.6 Å². The van der Waals surface area contributed by atoms with E-state index in [0.29, 0.717) is 29.1 Å². The number of carbonyl (C=O) groups excluding carboxylic acids is 1. The molecule has 0 saturated heterocycles. The molecule has 0 bridgehead atoms. The minimum Gasteiger partial charge on any atom is -0.337 e. The van der Waals surface area contributed by atoms with Gasteiger partial charge in [0, 0.05) is 13.1 Å². The first-order chi connectivity index (χ1) is 8.93. The van der Waals surface area contributed by atoms with Gasteiger partial charge in [-0.15, -0.1) is 0 Å². The Balaban J connectivity index is 2.75. The zero-order valence-electron chi connectivity index (χ0n) is 11.3. The lowest BCUT2D eigenvalue weighted by Gasteiger charge is -2.23. The SMILES string of the molecule is CC(C)CCN(Cc1ccc(Cl)c(Cl)c1)C(=O)CN. The van der Waals surface area contributed by atoms with Gasteiger partial charge in [-0.2, -0.15) is 0 Å². The number of halogens is 2. The number of benzene rings is 1. The van der Waals surface area contributed by atoms with Crippen LogP contribution in [0.4, 0.5) is 0 Å². The van der Waals surface area contributed by atoms with Crippen LogP contribution in [0.15, 0.2) is 18.2 Å². The van der Waals surface area contributed by atoms with Crippen molar-refractivity contribution in [2.24, 2.45) is 11.7 Å². The molecule has 0 aliphatic heterocycles. The predicted octanol–water partition coefficient (Wildman–Crippen LogP) is 3.33. The van der Waals surface area contributed by atoms with Crippen LogP contribution in [-0.4, -0.2) is 23.9 Å². The molecule has 106 valence electrons. The normalized spacial score (nSPS) is 10.8. The van der Waals surface area contributed by atoms with Gasteiger partial charge in [0.15, 0.2) is 0 Å². The van der Waals surface area contributed by atoms with E-state index in [9.17, 15) is 4.79 Å². The van der Waals surface area contributed by atoms with Gasteiger partial charge in [-0.3, -0.25) is 4.79 Å². The van der Waals surface area contributed by atoms with E-state index >= 15 is 0 Å². The highest BCUT2D eigenvalue weighted by molar-refractivity contribution is 6.42. The molecular formula is C14H20Cl2N2O. The fraction of sp³-hybridized carbons (Fsp3) is 0.500. The quantitative estimate of drug-likeness (QED) is 0.876. The molecule has 0 saturated carbocycles. The summed E-state index contributed by atoms with van der Waals surface area (Å²) in [5.74, 6) is 0.494. The average Bonchev–Trinajstić information content (AvgIpc) is 2.37. The van der Waals surface area contributed by atoms with E-state index in [4.69, 9.17) is 28.9 Å². The molecule has 1 rings (SSSR count). The monoisotopic (exact) mass is 302 g/mol. The summed E-state index contributed by atoms with van der Waals surface area (Å²) in [6.07, 6.45) is 0.951. The maximum absolute atomic E-state index is 11.8. The van der Waals surface area contributed by atoms with Crippen LogP contribution in [0.5, 0.6) is 0 Å². The summed E-state index contributed by atoms with van der Waals surface area (Å²) in [6.45, 7) is 5.50. The van der Waals surface area contributed by atoms with Crippen LogP contribution in [0.25, 0.3) is 0 Å². The second-order valence-electron chi connectivity index (χ2n) is 4.95. The van der Waals surface area contributed by atoms with E-state index in [-0.39, 0.29) is 12.5 Å². The first kappa shape index (κ1) is 16.3. The van der Waals surface area contributed by atoms with E-state index in [2.05, 4.69) is 13.8 Å². The van der Waals surface area contributed by atoms with Crippen molar-refractivity contribution in [3.63, 3.8) is 0 Å². The number of hydrogen-bond donors (Lipinski definition) is 1. The zero-order chi connectivity index (χ0) is 14.4. The van der Waals surface area contributed by atoms with Gasteiger partial charge in [0.25, 0.3) is 0 Å². The fourth-order valence-electron chi connectivity index (χ4n) is 1.69. The summed E-state index contributed by atoms with van der Waals surface area (Å²) >= 11 is 11.9. The van der Waals surface area contributed by atoms with Crippen molar-refractivity contribution in [1.82, 2.24) is 4.90 Å². The van der Waals surface area contributed by atoms with Crippen LogP contribution in [0, 0.1) is 5.92 Å². The van der Waals surface area contributed by atoms with E-state index in [0.717, 1.165) is 12.0 Å². The van der Waals surface area contributed by atoms with Crippen molar-refractivity contribution in [3.05, 3.63) is 33.8 Å². The molecule has 0 spiro atoms. The minimum absolute atomic E-state index is 0.0272. The molecule has 1 aromatic rings. The second kappa shape index (κ2) is 7.73. The molecule has 0 aliphatic carbocycles. The van der Waals surface area contributed by atoms with Crippen LogP contribution in [0.2, 0.25) is 10.0 Å². The molecule has 5 heteroatoms. The molecule has 19 heavy (non-hydrogen) atoms. The molecule has 2 N–H and O–H groups in total. The number of carbonyl (C=O) groups is 1. The lowest BCUT2D eigenvalue weighted by molar-refractivity contribution is -0.130.